The summed E-state index contributed by atoms with van der Waals surface area (Å²) < 4.78 is 5.65. The van der Waals surface area contributed by atoms with Gasteiger partial charge in [-0.3, -0.25) is 0 Å². The van der Waals surface area contributed by atoms with Gasteiger partial charge in [-0.25, -0.2) is 0 Å². The summed E-state index contributed by atoms with van der Waals surface area (Å²) in [6.07, 6.45) is 10.8. The van der Waals surface area contributed by atoms with Crippen LogP contribution in [0.4, 0.5) is 0 Å². The SMILES string of the molecule is CC1(C)C=CC=CC2=C1CCCO2. The van der Waals surface area contributed by atoms with Gasteiger partial charge in [0.1, 0.15) is 5.76 Å². The second kappa shape index (κ2) is 3.06. The fourth-order valence-electron chi connectivity index (χ4n) is 1.97. The zero-order chi connectivity index (χ0) is 9.31. The predicted molar refractivity (Wildman–Crippen MR) is 54.3 cm³/mol. The normalized spacial score (nSPS) is 25.1. The molecule has 1 aliphatic carbocycles. The lowest BCUT2D eigenvalue weighted by Crippen LogP contribution is -2.17. The molecule has 70 valence electrons. The Morgan fingerprint density at radius 3 is 3.00 bits per heavy atom. The van der Waals surface area contributed by atoms with Gasteiger partial charge >= 0.3 is 0 Å². The monoisotopic (exact) mass is 176 g/mol. The van der Waals surface area contributed by atoms with Crippen LogP contribution >= 0.6 is 0 Å². The van der Waals surface area contributed by atoms with Crippen molar-refractivity contribution < 1.29 is 4.74 Å². The lowest BCUT2D eigenvalue weighted by atomic mass is 9.80. The highest BCUT2D eigenvalue weighted by molar-refractivity contribution is 5.35. The first-order valence-electron chi connectivity index (χ1n) is 4.92. The smallest absolute Gasteiger partial charge is 0.119 e. The van der Waals surface area contributed by atoms with E-state index < -0.39 is 0 Å². The molecule has 0 unspecified atom stereocenters. The first-order valence-corrected chi connectivity index (χ1v) is 4.92. The molecule has 0 radical (unpaired) electrons. The van der Waals surface area contributed by atoms with Crippen LogP contribution in [0.25, 0.3) is 0 Å². The van der Waals surface area contributed by atoms with Crippen molar-refractivity contribution >= 4 is 0 Å². The summed E-state index contributed by atoms with van der Waals surface area (Å²) in [5, 5.41) is 0. The molecule has 0 bridgehead atoms. The van der Waals surface area contributed by atoms with Gasteiger partial charge in [-0.15, -0.1) is 0 Å². The van der Waals surface area contributed by atoms with E-state index in [1.54, 1.807) is 0 Å². The van der Waals surface area contributed by atoms with Crippen LogP contribution in [0.5, 0.6) is 0 Å². The summed E-state index contributed by atoms with van der Waals surface area (Å²) in [5.74, 6) is 1.10. The summed E-state index contributed by atoms with van der Waals surface area (Å²) >= 11 is 0. The van der Waals surface area contributed by atoms with Crippen molar-refractivity contribution in [3.63, 3.8) is 0 Å². The van der Waals surface area contributed by atoms with E-state index in [9.17, 15) is 0 Å². The molecular weight excluding hydrogens is 160 g/mol. The molecule has 1 nitrogen and oxygen atoms in total. The lowest BCUT2D eigenvalue weighted by Gasteiger charge is -2.29. The van der Waals surface area contributed by atoms with Crippen molar-refractivity contribution in [3.8, 4) is 0 Å². The van der Waals surface area contributed by atoms with Crippen molar-refractivity contribution in [3.05, 3.63) is 35.6 Å². The molecule has 0 N–H and O–H groups in total. The Labute approximate surface area is 79.8 Å². The molecular formula is C12H16O. The third-order valence-corrected chi connectivity index (χ3v) is 2.78. The van der Waals surface area contributed by atoms with Crippen LogP contribution in [0.1, 0.15) is 26.7 Å². The van der Waals surface area contributed by atoms with Gasteiger partial charge < -0.3 is 4.74 Å². The molecule has 0 aromatic heterocycles. The zero-order valence-electron chi connectivity index (χ0n) is 8.34. The van der Waals surface area contributed by atoms with Crippen LogP contribution in [0.15, 0.2) is 35.6 Å². The second-order valence-corrected chi connectivity index (χ2v) is 4.23. The molecule has 0 spiro atoms. The summed E-state index contributed by atoms with van der Waals surface area (Å²) in [5.41, 5.74) is 1.61. The average molecular weight is 176 g/mol. The Bertz CT molecular complexity index is 292. The molecule has 0 aromatic carbocycles. The van der Waals surface area contributed by atoms with Crippen LogP contribution < -0.4 is 0 Å². The molecule has 2 aliphatic rings. The first kappa shape index (κ1) is 8.61. The Kier molecular flexibility index (Phi) is 2.03. The molecule has 0 aromatic rings. The van der Waals surface area contributed by atoms with E-state index in [4.69, 9.17) is 4.74 Å². The molecule has 13 heavy (non-hydrogen) atoms. The van der Waals surface area contributed by atoms with Crippen LogP contribution in [0.2, 0.25) is 0 Å². The van der Waals surface area contributed by atoms with E-state index in [0.717, 1.165) is 18.8 Å². The second-order valence-electron chi connectivity index (χ2n) is 4.23. The Hall–Kier alpha value is -0.980. The van der Waals surface area contributed by atoms with E-state index in [-0.39, 0.29) is 5.41 Å². The number of hydrogen-bond donors (Lipinski definition) is 0. The molecule has 0 atom stereocenters. The fraction of sp³-hybridized carbons (Fsp3) is 0.500. The minimum Gasteiger partial charge on any atom is -0.494 e. The molecule has 0 fully saturated rings. The molecule has 0 saturated heterocycles. The molecule has 1 heterocycles. The highest BCUT2D eigenvalue weighted by Crippen LogP contribution is 2.38. The minimum atomic E-state index is 0.166. The van der Waals surface area contributed by atoms with Gasteiger partial charge in [-0.2, -0.15) is 0 Å². The molecule has 2 rings (SSSR count). The molecule has 1 aliphatic heterocycles. The number of rotatable bonds is 0. The summed E-state index contributed by atoms with van der Waals surface area (Å²) in [7, 11) is 0. The quantitative estimate of drug-likeness (QED) is 0.550. The summed E-state index contributed by atoms with van der Waals surface area (Å²) in [6, 6.07) is 0. The maximum atomic E-state index is 5.65. The predicted octanol–water partition coefficient (Wildman–Crippen LogP) is 3.20. The maximum absolute atomic E-state index is 5.65. The minimum absolute atomic E-state index is 0.166. The first-order chi connectivity index (χ1) is 6.20. The van der Waals surface area contributed by atoms with Crippen LogP contribution in [-0.4, -0.2) is 6.61 Å². The molecule has 1 heteroatoms. The summed E-state index contributed by atoms with van der Waals surface area (Å²) in [4.78, 5) is 0. The van der Waals surface area contributed by atoms with E-state index in [0.29, 0.717) is 0 Å². The molecule has 0 saturated carbocycles. The van der Waals surface area contributed by atoms with Crippen LogP contribution in [0.3, 0.4) is 0 Å². The average Bonchev–Trinajstić information content (AvgIpc) is 2.26. The Morgan fingerprint density at radius 2 is 2.15 bits per heavy atom. The van der Waals surface area contributed by atoms with E-state index in [2.05, 4.69) is 38.2 Å². The number of hydrogen-bond acceptors (Lipinski definition) is 1. The van der Waals surface area contributed by atoms with Crippen LogP contribution in [-0.2, 0) is 4.74 Å². The van der Waals surface area contributed by atoms with Gasteiger partial charge in [0.15, 0.2) is 0 Å². The Balaban J connectivity index is 2.43. The van der Waals surface area contributed by atoms with Crippen LogP contribution in [0, 0.1) is 5.41 Å². The van der Waals surface area contributed by atoms with Crippen molar-refractivity contribution in [2.24, 2.45) is 5.41 Å². The third-order valence-electron chi connectivity index (χ3n) is 2.78. The van der Waals surface area contributed by atoms with E-state index in [1.807, 2.05) is 0 Å². The number of ether oxygens (including phenoxy) is 1. The van der Waals surface area contributed by atoms with E-state index >= 15 is 0 Å². The standard InChI is InChI=1S/C12H16O/c1-12(2)8-4-3-7-11-10(12)6-5-9-13-11/h3-4,7-8H,5-6,9H2,1-2H3. The van der Waals surface area contributed by atoms with Crippen molar-refractivity contribution in [2.45, 2.75) is 26.7 Å². The van der Waals surface area contributed by atoms with Crippen molar-refractivity contribution in [1.82, 2.24) is 0 Å². The van der Waals surface area contributed by atoms with Gasteiger partial charge in [0.05, 0.1) is 6.61 Å². The summed E-state index contributed by atoms with van der Waals surface area (Å²) in [6.45, 7) is 5.38. The van der Waals surface area contributed by atoms with Gasteiger partial charge in [-0.05, 0) is 24.5 Å². The Morgan fingerprint density at radius 1 is 1.31 bits per heavy atom. The third kappa shape index (κ3) is 1.55. The molecule has 0 amide bonds. The van der Waals surface area contributed by atoms with Gasteiger partial charge in [-0.1, -0.05) is 32.1 Å². The van der Waals surface area contributed by atoms with Gasteiger partial charge in [0.2, 0.25) is 0 Å². The largest absolute Gasteiger partial charge is 0.494 e. The van der Waals surface area contributed by atoms with Gasteiger partial charge in [0, 0.05) is 5.41 Å². The van der Waals surface area contributed by atoms with Gasteiger partial charge in [0.25, 0.3) is 0 Å². The maximum Gasteiger partial charge on any atom is 0.119 e. The zero-order valence-corrected chi connectivity index (χ0v) is 8.34. The topological polar surface area (TPSA) is 9.23 Å². The highest BCUT2D eigenvalue weighted by Gasteiger charge is 2.26. The van der Waals surface area contributed by atoms with Crippen molar-refractivity contribution in [1.29, 1.82) is 0 Å². The number of allylic oxidation sites excluding steroid dienone is 5. The van der Waals surface area contributed by atoms with Crippen molar-refractivity contribution in [2.75, 3.05) is 6.61 Å². The lowest BCUT2D eigenvalue weighted by molar-refractivity contribution is 0.189. The van der Waals surface area contributed by atoms with E-state index in [1.165, 1.54) is 12.0 Å². The fourth-order valence-corrected chi connectivity index (χ4v) is 1.97. The highest BCUT2D eigenvalue weighted by atomic mass is 16.5.